The van der Waals surface area contributed by atoms with E-state index in [4.69, 9.17) is 5.73 Å². The van der Waals surface area contributed by atoms with Crippen molar-refractivity contribution in [1.82, 2.24) is 24.4 Å². The molecule has 1 aliphatic heterocycles. The number of piperidine rings is 1. The number of aryl methyl sites for hydroxylation is 1. The van der Waals surface area contributed by atoms with E-state index in [1.165, 1.54) is 6.33 Å². The molecule has 1 saturated heterocycles. The number of amides is 2. The maximum absolute atomic E-state index is 13.7. The molecule has 1 aromatic carbocycles. The number of benzene rings is 1. The minimum Gasteiger partial charge on any atom is -0.383 e. The molecule has 0 bridgehead atoms. The lowest BCUT2D eigenvalue weighted by atomic mass is 10.1. The molecule has 1 aliphatic carbocycles. The monoisotopic (exact) mass is 597 g/mol. The van der Waals surface area contributed by atoms with Crippen molar-refractivity contribution in [3.05, 3.63) is 51.3 Å². The van der Waals surface area contributed by atoms with Crippen molar-refractivity contribution in [3.8, 4) is 0 Å². The first kappa shape index (κ1) is 22.4. The third kappa shape index (κ3) is 3.77. The predicted molar refractivity (Wildman–Crippen MR) is 140 cm³/mol. The molecule has 1 saturated carbocycles. The summed E-state index contributed by atoms with van der Waals surface area (Å²) in [7, 11) is 0. The second-order valence-electron chi connectivity index (χ2n) is 9.11. The van der Waals surface area contributed by atoms with E-state index in [9.17, 15) is 9.59 Å². The van der Waals surface area contributed by atoms with Crippen molar-refractivity contribution in [2.24, 2.45) is 5.92 Å². The molecule has 3 N–H and O–H groups in total. The molecule has 9 nitrogen and oxygen atoms in total. The van der Waals surface area contributed by atoms with Gasteiger partial charge in [-0.1, -0.05) is 22.0 Å². The molecular weight excluding hydrogens is 578 g/mol. The molecule has 2 amide bonds. The fourth-order valence-electron chi connectivity index (χ4n) is 5.35. The Morgan fingerprint density at radius 1 is 1.20 bits per heavy atom. The number of likely N-dealkylation sites (tertiary alicyclic amines) is 1. The fraction of sp³-hybridized carbons (Fsp3) is 0.292. The largest absolute Gasteiger partial charge is 0.383 e. The van der Waals surface area contributed by atoms with E-state index >= 15 is 0 Å². The van der Waals surface area contributed by atoms with Crippen molar-refractivity contribution in [3.63, 3.8) is 0 Å². The summed E-state index contributed by atoms with van der Waals surface area (Å²) in [6.45, 7) is 2.05. The highest BCUT2D eigenvalue weighted by molar-refractivity contribution is 9.10. The minimum absolute atomic E-state index is 0.0566. The molecule has 4 heterocycles. The van der Waals surface area contributed by atoms with E-state index < -0.39 is 6.04 Å². The summed E-state index contributed by atoms with van der Waals surface area (Å²) in [4.78, 5) is 41.6. The number of carbonyl (C=O) groups excluding carboxylic acids is 2. The Bertz CT molecular complexity index is 1540. The van der Waals surface area contributed by atoms with Crippen molar-refractivity contribution in [2.45, 2.75) is 38.4 Å². The van der Waals surface area contributed by atoms with Crippen LogP contribution in [0, 0.1) is 12.8 Å². The van der Waals surface area contributed by atoms with E-state index in [0.717, 1.165) is 32.7 Å². The van der Waals surface area contributed by atoms with Crippen LogP contribution < -0.4 is 11.1 Å². The van der Waals surface area contributed by atoms with Crippen LogP contribution in [0.15, 0.2) is 45.7 Å². The average molecular weight is 599 g/mol. The van der Waals surface area contributed by atoms with Gasteiger partial charge in [0.15, 0.2) is 0 Å². The highest BCUT2D eigenvalue weighted by Gasteiger charge is 2.56. The number of hydrogen-bond donors (Lipinski definition) is 2. The van der Waals surface area contributed by atoms with Gasteiger partial charge in [0.05, 0.1) is 10.9 Å². The highest BCUT2D eigenvalue weighted by atomic mass is 79.9. The zero-order valence-corrected chi connectivity index (χ0v) is 21.9. The standard InChI is InChI=1S/C24H21Br2N7O2/c1-11-5-13(25)8-14-20-22(27)28-10-29-23(20)32(21(11)14)9-19(34)33-15-6-12(15)7-16(33)24(35)31-18-4-2-3-17(26)30-18/h2-5,8,10,12,15-16H,6-7,9H2,1H3,(H2,27,28,29)(H,30,31,35)/t12-,15?,16+/m1/s1. The Labute approximate surface area is 217 Å². The summed E-state index contributed by atoms with van der Waals surface area (Å²) in [6, 6.07) is 8.86. The van der Waals surface area contributed by atoms with Gasteiger partial charge in [-0.05, 0) is 71.4 Å². The van der Waals surface area contributed by atoms with Gasteiger partial charge in [-0.25, -0.2) is 15.0 Å². The first-order valence-electron chi connectivity index (χ1n) is 11.2. The number of nitrogens with one attached hydrogen (secondary N) is 1. The third-order valence-corrected chi connectivity index (χ3v) is 7.77. The molecule has 3 atom stereocenters. The van der Waals surface area contributed by atoms with Crippen molar-refractivity contribution in [2.75, 3.05) is 11.1 Å². The molecule has 0 spiro atoms. The van der Waals surface area contributed by atoms with E-state index in [-0.39, 0.29) is 24.4 Å². The lowest BCUT2D eigenvalue weighted by Gasteiger charge is -2.27. The summed E-state index contributed by atoms with van der Waals surface area (Å²) in [5.41, 5.74) is 8.70. The maximum atomic E-state index is 13.7. The molecular formula is C24H21Br2N7O2. The van der Waals surface area contributed by atoms with Gasteiger partial charge in [0.1, 0.15) is 40.8 Å². The molecule has 6 rings (SSSR count). The van der Waals surface area contributed by atoms with Gasteiger partial charge >= 0.3 is 0 Å². The third-order valence-electron chi connectivity index (χ3n) is 6.87. The fourth-order valence-corrected chi connectivity index (χ4v) is 6.27. The number of fused-ring (bicyclic) bond motifs is 4. The zero-order chi connectivity index (χ0) is 24.4. The highest BCUT2D eigenvalue weighted by Crippen LogP contribution is 2.48. The smallest absolute Gasteiger partial charge is 0.248 e. The predicted octanol–water partition coefficient (Wildman–Crippen LogP) is 4.02. The van der Waals surface area contributed by atoms with Crippen molar-refractivity contribution in [1.29, 1.82) is 0 Å². The topological polar surface area (TPSA) is 119 Å². The lowest BCUT2D eigenvalue weighted by Crippen LogP contribution is -2.46. The second-order valence-corrected chi connectivity index (χ2v) is 10.8. The Balaban J connectivity index is 1.35. The summed E-state index contributed by atoms with van der Waals surface area (Å²) in [5.74, 6) is 0.846. The van der Waals surface area contributed by atoms with Gasteiger partial charge in [0.25, 0.3) is 0 Å². The van der Waals surface area contributed by atoms with Crippen molar-refractivity contribution < 1.29 is 9.59 Å². The Morgan fingerprint density at radius 3 is 2.83 bits per heavy atom. The van der Waals surface area contributed by atoms with Gasteiger partial charge < -0.3 is 20.5 Å². The number of hydrogen-bond acceptors (Lipinski definition) is 6. The number of aromatic nitrogens is 4. The normalized spacial score (nSPS) is 20.9. The number of rotatable bonds is 4. The molecule has 2 fully saturated rings. The Morgan fingerprint density at radius 2 is 2.03 bits per heavy atom. The molecule has 3 aromatic heterocycles. The molecule has 1 unspecified atom stereocenters. The quantitative estimate of drug-likeness (QED) is 0.342. The molecule has 2 aliphatic rings. The summed E-state index contributed by atoms with van der Waals surface area (Å²) >= 11 is 6.88. The van der Waals surface area contributed by atoms with Gasteiger partial charge in [-0.15, -0.1) is 0 Å². The summed E-state index contributed by atoms with van der Waals surface area (Å²) in [5, 5.41) is 4.48. The summed E-state index contributed by atoms with van der Waals surface area (Å²) in [6.07, 6.45) is 3.00. The number of pyridine rings is 1. The molecule has 0 radical (unpaired) electrons. The average Bonchev–Trinajstić information content (AvgIpc) is 3.34. The molecule has 178 valence electrons. The Hall–Kier alpha value is -3.05. The Kier molecular flexibility index (Phi) is 5.29. The minimum atomic E-state index is -0.532. The number of anilines is 2. The van der Waals surface area contributed by atoms with Crippen LogP contribution in [-0.4, -0.2) is 48.3 Å². The van der Waals surface area contributed by atoms with Crippen LogP contribution in [0.3, 0.4) is 0 Å². The number of nitrogen functional groups attached to an aromatic ring is 1. The van der Waals surface area contributed by atoms with E-state index in [0.29, 0.717) is 34.2 Å². The number of carbonyl (C=O) groups is 2. The van der Waals surface area contributed by atoms with E-state index in [1.807, 2.05) is 23.6 Å². The van der Waals surface area contributed by atoms with Crippen LogP contribution in [0.5, 0.6) is 0 Å². The van der Waals surface area contributed by atoms with Crippen LogP contribution in [-0.2, 0) is 16.1 Å². The van der Waals surface area contributed by atoms with Crippen molar-refractivity contribution >= 4 is 77.2 Å². The number of nitrogens with two attached hydrogens (primary N) is 1. The first-order valence-corrected chi connectivity index (χ1v) is 12.8. The lowest BCUT2D eigenvalue weighted by molar-refractivity contribution is -0.138. The van der Waals surface area contributed by atoms with Crippen LogP contribution in [0.2, 0.25) is 0 Å². The van der Waals surface area contributed by atoms with Gasteiger partial charge in [0, 0.05) is 15.9 Å². The maximum Gasteiger partial charge on any atom is 0.248 e. The SMILES string of the molecule is Cc1cc(Br)cc2c3c(N)ncnc3n(CC(=O)N3C4C[C@@H]4C[C@H]3C(=O)Nc3cccc(Br)n3)c12. The molecule has 4 aromatic rings. The first-order chi connectivity index (χ1) is 16.8. The van der Waals surface area contributed by atoms with Crippen LogP contribution in [0.25, 0.3) is 21.9 Å². The number of nitrogens with zero attached hydrogens (tertiary/aromatic N) is 5. The zero-order valence-electron chi connectivity index (χ0n) is 18.7. The van der Waals surface area contributed by atoms with Crippen LogP contribution in [0.1, 0.15) is 18.4 Å². The van der Waals surface area contributed by atoms with E-state index in [1.54, 1.807) is 23.1 Å². The van der Waals surface area contributed by atoms with E-state index in [2.05, 4.69) is 52.1 Å². The van der Waals surface area contributed by atoms with Crippen LogP contribution in [0.4, 0.5) is 11.6 Å². The van der Waals surface area contributed by atoms with Gasteiger partial charge in [0.2, 0.25) is 11.8 Å². The molecule has 35 heavy (non-hydrogen) atoms. The number of halogens is 2. The summed E-state index contributed by atoms with van der Waals surface area (Å²) < 4.78 is 3.44. The van der Waals surface area contributed by atoms with Crippen LogP contribution >= 0.6 is 31.9 Å². The second kappa shape index (κ2) is 8.27. The molecule has 11 heteroatoms. The van der Waals surface area contributed by atoms with Gasteiger partial charge in [-0.2, -0.15) is 0 Å². The van der Waals surface area contributed by atoms with Gasteiger partial charge in [-0.3, -0.25) is 9.59 Å².